The third-order valence-corrected chi connectivity index (χ3v) is 22.2. The summed E-state index contributed by atoms with van der Waals surface area (Å²) in [7, 11) is -3.22. The molecule has 16 rings (SSSR count). The lowest BCUT2D eigenvalue weighted by molar-refractivity contribution is 0.477. The summed E-state index contributed by atoms with van der Waals surface area (Å²) in [6, 6.07) is 120. The van der Waals surface area contributed by atoms with E-state index in [4.69, 9.17) is 9.47 Å². The van der Waals surface area contributed by atoms with E-state index < -0.39 is 13.5 Å². The summed E-state index contributed by atoms with van der Waals surface area (Å²) in [5.41, 5.74) is 17.8. The molecule has 0 saturated carbocycles. The van der Waals surface area contributed by atoms with Crippen LogP contribution in [0.3, 0.4) is 0 Å². The molecule has 5 heteroatoms. The number of hydrogen-bond donors (Lipinski definition) is 0. The zero-order chi connectivity index (χ0) is 55.6. The molecular weight excluding hydrogens is 1040 g/mol. The van der Waals surface area contributed by atoms with Crippen LogP contribution >= 0.6 is 0 Å². The number of nitrogens with zero attached hydrogens (tertiary/aromatic N) is 2. The minimum absolute atomic E-state index is 0.529. The molecule has 0 saturated heterocycles. The summed E-state index contributed by atoms with van der Waals surface area (Å²) in [6.45, 7) is 0. The highest BCUT2D eigenvalue weighted by molar-refractivity contribution is 7.20. The third kappa shape index (κ3) is 7.74. The maximum absolute atomic E-state index is 6.44. The van der Waals surface area contributed by atoms with Crippen LogP contribution in [-0.2, 0) is 5.41 Å². The second-order valence-corrected chi connectivity index (χ2v) is 25.7. The van der Waals surface area contributed by atoms with Gasteiger partial charge in [-0.2, -0.15) is 0 Å². The van der Waals surface area contributed by atoms with Gasteiger partial charge in [0.25, 0.3) is 0 Å². The summed E-state index contributed by atoms with van der Waals surface area (Å²) < 4.78 is 12.9. The molecule has 1 aliphatic carbocycles. The van der Waals surface area contributed by atoms with Crippen LogP contribution in [0.5, 0.6) is 23.0 Å². The highest BCUT2D eigenvalue weighted by Gasteiger charge is 2.47. The van der Waals surface area contributed by atoms with Gasteiger partial charge in [0.05, 0.1) is 28.2 Å². The molecule has 0 atom stereocenters. The van der Waals surface area contributed by atoms with Crippen molar-refractivity contribution < 1.29 is 9.47 Å². The van der Waals surface area contributed by atoms with E-state index in [1.54, 1.807) is 0 Å². The van der Waals surface area contributed by atoms with Crippen LogP contribution < -0.4 is 40.0 Å². The van der Waals surface area contributed by atoms with E-state index in [0.717, 1.165) is 79.4 Å². The Hall–Kier alpha value is -10.7. The molecule has 0 aromatic heterocycles. The van der Waals surface area contributed by atoms with Crippen molar-refractivity contribution >= 4 is 62.9 Å². The van der Waals surface area contributed by atoms with Crippen LogP contribution in [0, 0.1) is 0 Å². The number of rotatable bonds is 10. The first-order valence-electron chi connectivity index (χ1n) is 28.8. The largest absolute Gasteiger partial charge is 0.453 e. The average Bonchev–Trinajstić information content (AvgIpc) is 2.28. The van der Waals surface area contributed by atoms with Crippen molar-refractivity contribution in [3.63, 3.8) is 0 Å². The van der Waals surface area contributed by atoms with E-state index in [-0.39, 0.29) is 0 Å². The molecule has 2 aliphatic heterocycles. The maximum Gasteiger partial charge on any atom is 0.179 e. The molecule has 3 aliphatic rings. The normalized spacial score (nSPS) is 13.2. The second kappa shape index (κ2) is 20.1. The predicted octanol–water partition coefficient (Wildman–Crippen LogP) is 17.9. The third-order valence-electron chi connectivity index (χ3n) is 17.5. The fraction of sp³-hybridized carbons (Fsp3) is 0.0127. The number of para-hydroxylation sites is 8. The fourth-order valence-electron chi connectivity index (χ4n) is 13.8. The highest BCUT2D eigenvalue weighted by atomic mass is 28.3. The van der Waals surface area contributed by atoms with E-state index in [0.29, 0.717) is 0 Å². The van der Waals surface area contributed by atoms with Crippen LogP contribution in [0.4, 0.5) is 34.1 Å². The Morgan fingerprint density at radius 1 is 0.250 bits per heavy atom. The van der Waals surface area contributed by atoms with Crippen LogP contribution in [0.1, 0.15) is 22.3 Å². The molecule has 84 heavy (non-hydrogen) atoms. The van der Waals surface area contributed by atoms with Gasteiger partial charge in [0, 0.05) is 11.4 Å². The monoisotopic (exact) mass is 1090 g/mol. The van der Waals surface area contributed by atoms with E-state index in [1.807, 2.05) is 48.5 Å². The van der Waals surface area contributed by atoms with Crippen molar-refractivity contribution in [2.45, 2.75) is 5.41 Å². The Labute approximate surface area is 491 Å². The molecule has 0 spiro atoms. The number of anilines is 6. The number of fused-ring (bicyclic) bond motifs is 7. The summed E-state index contributed by atoms with van der Waals surface area (Å²) >= 11 is 0. The molecule has 4 nitrogen and oxygen atoms in total. The molecule has 0 unspecified atom stereocenters. The van der Waals surface area contributed by atoms with Gasteiger partial charge in [0.15, 0.2) is 31.1 Å². The topological polar surface area (TPSA) is 24.9 Å². The Morgan fingerprint density at radius 3 is 1.00 bits per heavy atom. The Bertz CT molecular complexity index is 4270. The van der Waals surface area contributed by atoms with Crippen LogP contribution in [0.15, 0.2) is 328 Å². The molecule has 396 valence electrons. The molecule has 0 N–H and O–H groups in total. The Morgan fingerprint density at radius 2 is 0.583 bits per heavy atom. The van der Waals surface area contributed by atoms with Gasteiger partial charge < -0.3 is 19.3 Å². The zero-order valence-corrected chi connectivity index (χ0v) is 46.9. The first-order chi connectivity index (χ1) is 41.6. The molecule has 13 aromatic rings. The van der Waals surface area contributed by atoms with E-state index >= 15 is 0 Å². The van der Waals surface area contributed by atoms with Gasteiger partial charge in [0.1, 0.15) is 0 Å². The first-order valence-corrected chi connectivity index (χ1v) is 30.8. The minimum atomic E-state index is -3.22. The standard InChI is InChI=1S/C79H54N2O2Si/c1-4-22-59(23-5-1)79(69-30-12-10-28-67(69)68-29-11-13-31-70(68)79)60-44-50-65(51-45-60)84(63-24-6-2-7-25-63,64-26-8-3-9-27-64)66-53-57(55-40-46-61(47-41-55)80-71-32-14-18-36-75(71)82-76-37-19-15-33-72(76)80)52-58(54-66)56-42-48-62(49-43-56)81-73-34-16-20-38-77(73)83-78-39-21-17-35-74(78)81/h1-54H. The molecular formula is C79H54N2O2Si. The van der Waals surface area contributed by atoms with Crippen molar-refractivity contribution in [3.8, 4) is 56.4 Å². The van der Waals surface area contributed by atoms with Gasteiger partial charge in [0.2, 0.25) is 0 Å². The maximum atomic E-state index is 6.44. The van der Waals surface area contributed by atoms with Gasteiger partial charge >= 0.3 is 0 Å². The van der Waals surface area contributed by atoms with Gasteiger partial charge in [-0.3, -0.25) is 0 Å². The predicted molar refractivity (Wildman–Crippen MR) is 348 cm³/mol. The van der Waals surface area contributed by atoms with Gasteiger partial charge in [-0.05, 0) is 155 Å². The molecule has 0 amide bonds. The van der Waals surface area contributed by atoms with Crippen molar-refractivity contribution in [2.75, 3.05) is 9.80 Å². The fourth-order valence-corrected chi connectivity index (χ4v) is 18.6. The smallest absolute Gasteiger partial charge is 0.179 e. The molecule has 2 heterocycles. The quantitative estimate of drug-likeness (QED) is 0.101. The van der Waals surface area contributed by atoms with Crippen LogP contribution in [0.25, 0.3) is 33.4 Å². The first kappa shape index (κ1) is 49.1. The van der Waals surface area contributed by atoms with Gasteiger partial charge in [-0.15, -0.1) is 0 Å². The second-order valence-electron chi connectivity index (χ2n) is 21.9. The van der Waals surface area contributed by atoms with E-state index in [2.05, 4.69) is 289 Å². The molecule has 0 fully saturated rings. The van der Waals surface area contributed by atoms with Crippen LogP contribution in [0.2, 0.25) is 0 Å². The summed E-state index contributed by atoms with van der Waals surface area (Å²) in [5, 5.41) is 5.20. The van der Waals surface area contributed by atoms with Crippen molar-refractivity contribution in [3.05, 3.63) is 350 Å². The SMILES string of the molecule is c1ccc(C2(c3ccc([Si](c4ccccc4)(c4ccccc4)c4cc(-c5ccc(N6c7ccccc7Oc7ccccc76)cc5)cc(-c5ccc(N6c7ccccc7Oc7ccccc76)cc5)c4)cc3)c3ccccc3-c3ccccc32)cc1. The van der Waals surface area contributed by atoms with Gasteiger partial charge in [-0.25, -0.2) is 0 Å². The molecule has 0 radical (unpaired) electrons. The minimum Gasteiger partial charge on any atom is -0.453 e. The van der Waals surface area contributed by atoms with Crippen molar-refractivity contribution in [1.82, 2.24) is 0 Å². The summed E-state index contributed by atoms with van der Waals surface area (Å²) in [4.78, 5) is 4.62. The lowest BCUT2D eigenvalue weighted by Gasteiger charge is -2.37. The van der Waals surface area contributed by atoms with E-state index in [1.165, 1.54) is 54.1 Å². The Balaban J connectivity index is 0.905. The molecule has 13 aromatic carbocycles. The summed E-state index contributed by atoms with van der Waals surface area (Å²) in [5.74, 6) is 3.31. The zero-order valence-electron chi connectivity index (χ0n) is 45.9. The Kier molecular flexibility index (Phi) is 11.7. The van der Waals surface area contributed by atoms with Crippen molar-refractivity contribution in [2.24, 2.45) is 0 Å². The molecule has 0 bridgehead atoms. The summed E-state index contributed by atoms with van der Waals surface area (Å²) in [6.07, 6.45) is 0. The van der Waals surface area contributed by atoms with Crippen LogP contribution in [-0.4, -0.2) is 8.07 Å². The lowest BCUT2D eigenvalue weighted by atomic mass is 9.68. The van der Waals surface area contributed by atoms with Crippen molar-refractivity contribution in [1.29, 1.82) is 0 Å². The lowest BCUT2D eigenvalue weighted by Crippen LogP contribution is -2.74. The highest BCUT2D eigenvalue weighted by Crippen LogP contribution is 2.56. The van der Waals surface area contributed by atoms with E-state index in [9.17, 15) is 0 Å². The number of hydrogen-bond acceptors (Lipinski definition) is 4. The number of ether oxygens (including phenoxy) is 2. The average molecular weight is 1090 g/mol. The van der Waals surface area contributed by atoms with Gasteiger partial charge in [-0.1, -0.05) is 249 Å². The number of benzene rings is 13.